The van der Waals surface area contributed by atoms with Gasteiger partial charge in [-0.1, -0.05) is 41.9 Å². The number of benzene rings is 2. The zero-order valence-corrected chi connectivity index (χ0v) is 15.3. The lowest BCUT2D eigenvalue weighted by atomic mass is 10.2. The van der Waals surface area contributed by atoms with E-state index in [2.05, 4.69) is 9.97 Å². The number of fused-ring (bicyclic) bond motifs is 1. The molecule has 1 aliphatic heterocycles. The van der Waals surface area contributed by atoms with Crippen molar-refractivity contribution in [3.63, 3.8) is 0 Å². The molecule has 0 saturated carbocycles. The summed E-state index contributed by atoms with van der Waals surface area (Å²) in [5.74, 6) is 0.435. The quantitative estimate of drug-likeness (QED) is 0.643. The minimum absolute atomic E-state index is 0.0504. The van der Waals surface area contributed by atoms with Gasteiger partial charge >= 0.3 is 0 Å². The molecule has 0 radical (unpaired) electrons. The van der Waals surface area contributed by atoms with E-state index in [-0.39, 0.29) is 12.0 Å². The number of hydrogen-bond donors (Lipinski definition) is 0. The summed E-state index contributed by atoms with van der Waals surface area (Å²) in [6.07, 6.45) is 5.61. The zero-order valence-electron chi connectivity index (χ0n) is 14.6. The molecule has 4 rings (SSSR count). The molecule has 136 valence electrons. The van der Waals surface area contributed by atoms with Crippen LogP contribution in [0.5, 0.6) is 5.88 Å². The van der Waals surface area contributed by atoms with Crippen LogP contribution in [-0.4, -0.2) is 40.0 Å². The number of nitrogens with zero attached hydrogens (tertiary/aromatic N) is 3. The van der Waals surface area contributed by atoms with E-state index in [1.54, 1.807) is 29.3 Å². The Balaban J connectivity index is 1.37. The van der Waals surface area contributed by atoms with E-state index in [1.165, 1.54) is 0 Å². The van der Waals surface area contributed by atoms with Gasteiger partial charge in [-0.25, -0.2) is 9.97 Å². The van der Waals surface area contributed by atoms with Crippen LogP contribution in [0, 0.1) is 0 Å². The minimum atomic E-state index is -0.0851. The standard InChI is InChI=1S/C21H18ClN3O2/c22-17-6-2-1-5-15(17)9-10-21(26)25-12-11-16(14-25)27-20-13-23-18-7-3-4-8-19(18)24-20/h1-10,13,16H,11-12,14H2/b10-9+. The Morgan fingerprint density at radius 1 is 1.15 bits per heavy atom. The molecule has 0 N–H and O–H groups in total. The predicted octanol–water partition coefficient (Wildman–Crippen LogP) is 3.98. The third-order valence-corrected chi connectivity index (χ3v) is 4.83. The van der Waals surface area contributed by atoms with Crippen molar-refractivity contribution < 1.29 is 9.53 Å². The molecule has 1 amide bonds. The first-order valence-corrected chi connectivity index (χ1v) is 9.17. The number of likely N-dealkylation sites (tertiary alicyclic amines) is 1. The Morgan fingerprint density at radius 3 is 2.78 bits per heavy atom. The number of carbonyl (C=O) groups excluding carboxylic acids is 1. The van der Waals surface area contributed by atoms with Crippen molar-refractivity contribution in [3.05, 3.63) is 71.4 Å². The van der Waals surface area contributed by atoms with E-state index in [4.69, 9.17) is 16.3 Å². The average molecular weight is 380 g/mol. The number of halogens is 1. The van der Waals surface area contributed by atoms with Gasteiger partial charge in [-0.3, -0.25) is 4.79 Å². The third kappa shape index (κ3) is 4.09. The molecule has 27 heavy (non-hydrogen) atoms. The molecule has 1 fully saturated rings. The molecule has 1 aromatic heterocycles. The van der Waals surface area contributed by atoms with Crippen LogP contribution in [0.2, 0.25) is 5.02 Å². The summed E-state index contributed by atoms with van der Waals surface area (Å²) in [6.45, 7) is 1.18. The highest BCUT2D eigenvalue weighted by atomic mass is 35.5. The fourth-order valence-electron chi connectivity index (χ4n) is 3.07. The second-order valence-corrected chi connectivity index (χ2v) is 6.77. The van der Waals surface area contributed by atoms with Crippen molar-refractivity contribution in [3.8, 4) is 5.88 Å². The highest BCUT2D eigenvalue weighted by Gasteiger charge is 2.27. The number of ether oxygens (including phenoxy) is 1. The second kappa shape index (κ2) is 7.76. The van der Waals surface area contributed by atoms with E-state index in [0.29, 0.717) is 24.0 Å². The SMILES string of the molecule is O=C(/C=C/c1ccccc1Cl)N1CCC(Oc2cnc3ccccc3n2)C1. The van der Waals surface area contributed by atoms with Crippen LogP contribution in [0.25, 0.3) is 17.1 Å². The number of aromatic nitrogens is 2. The monoisotopic (exact) mass is 379 g/mol. The van der Waals surface area contributed by atoms with Crippen LogP contribution in [0.4, 0.5) is 0 Å². The van der Waals surface area contributed by atoms with Gasteiger partial charge in [-0.05, 0) is 29.8 Å². The maximum absolute atomic E-state index is 12.4. The van der Waals surface area contributed by atoms with Crippen LogP contribution in [0.15, 0.2) is 60.8 Å². The molecular formula is C21H18ClN3O2. The zero-order chi connectivity index (χ0) is 18.6. The lowest BCUT2D eigenvalue weighted by molar-refractivity contribution is -0.125. The average Bonchev–Trinajstić information content (AvgIpc) is 3.15. The molecule has 0 bridgehead atoms. The maximum Gasteiger partial charge on any atom is 0.246 e. The lowest BCUT2D eigenvalue weighted by Crippen LogP contribution is -2.29. The van der Waals surface area contributed by atoms with Crippen molar-refractivity contribution in [2.75, 3.05) is 13.1 Å². The number of amides is 1. The van der Waals surface area contributed by atoms with Crippen molar-refractivity contribution in [1.29, 1.82) is 0 Å². The fraction of sp³-hybridized carbons (Fsp3) is 0.190. The van der Waals surface area contributed by atoms with Gasteiger partial charge in [0, 0.05) is 24.1 Å². The topological polar surface area (TPSA) is 55.3 Å². The third-order valence-electron chi connectivity index (χ3n) is 4.48. The Morgan fingerprint density at radius 2 is 1.93 bits per heavy atom. The Labute approximate surface area is 162 Å². The summed E-state index contributed by atoms with van der Waals surface area (Å²) >= 11 is 6.11. The van der Waals surface area contributed by atoms with Gasteiger partial charge < -0.3 is 9.64 Å². The van der Waals surface area contributed by atoms with Gasteiger partial charge in [0.1, 0.15) is 6.10 Å². The van der Waals surface area contributed by atoms with Crippen molar-refractivity contribution in [2.24, 2.45) is 0 Å². The summed E-state index contributed by atoms with van der Waals surface area (Å²) in [4.78, 5) is 23.0. The van der Waals surface area contributed by atoms with Crippen LogP contribution < -0.4 is 4.74 Å². The molecule has 2 heterocycles. The molecule has 3 aromatic rings. The molecule has 6 heteroatoms. The van der Waals surface area contributed by atoms with E-state index in [9.17, 15) is 4.79 Å². The summed E-state index contributed by atoms with van der Waals surface area (Å²) in [5, 5.41) is 0.624. The second-order valence-electron chi connectivity index (χ2n) is 6.36. The van der Waals surface area contributed by atoms with Gasteiger partial charge in [-0.15, -0.1) is 0 Å². The molecule has 0 aliphatic carbocycles. The minimum Gasteiger partial charge on any atom is -0.471 e. The van der Waals surface area contributed by atoms with E-state index in [0.717, 1.165) is 23.0 Å². The fourth-order valence-corrected chi connectivity index (χ4v) is 3.27. The summed E-state index contributed by atoms with van der Waals surface area (Å²) < 4.78 is 5.93. The van der Waals surface area contributed by atoms with Gasteiger partial charge in [0.15, 0.2) is 0 Å². The Kier molecular flexibility index (Phi) is 5.03. The van der Waals surface area contributed by atoms with E-state index < -0.39 is 0 Å². The molecule has 1 unspecified atom stereocenters. The number of hydrogen-bond acceptors (Lipinski definition) is 4. The van der Waals surface area contributed by atoms with Gasteiger partial charge in [0.05, 0.1) is 23.8 Å². The predicted molar refractivity (Wildman–Crippen MR) is 106 cm³/mol. The Hall–Kier alpha value is -2.92. The molecule has 1 saturated heterocycles. The first-order valence-electron chi connectivity index (χ1n) is 8.79. The van der Waals surface area contributed by atoms with Crippen LogP contribution in [0.1, 0.15) is 12.0 Å². The first-order chi connectivity index (χ1) is 13.2. The summed E-state index contributed by atoms with van der Waals surface area (Å²) in [5.41, 5.74) is 2.45. The van der Waals surface area contributed by atoms with E-state index in [1.807, 2.05) is 42.5 Å². The van der Waals surface area contributed by atoms with Crippen molar-refractivity contribution in [1.82, 2.24) is 14.9 Å². The first kappa shape index (κ1) is 17.5. The molecular weight excluding hydrogens is 362 g/mol. The number of carbonyl (C=O) groups is 1. The number of para-hydroxylation sites is 2. The number of rotatable bonds is 4. The van der Waals surface area contributed by atoms with E-state index >= 15 is 0 Å². The molecule has 2 aromatic carbocycles. The van der Waals surface area contributed by atoms with Crippen LogP contribution >= 0.6 is 11.6 Å². The van der Waals surface area contributed by atoms with Crippen LogP contribution in [-0.2, 0) is 4.79 Å². The molecule has 5 nitrogen and oxygen atoms in total. The molecule has 1 aliphatic rings. The van der Waals surface area contributed by atoms with Gasteiger partial charge in [0.25, 0.3) is 0 Å². The smallest absolute Gasteiger partial charge is 0.246 e. The highest BCUT2D eigenvalue weighted by molar-refractivity contribution is 6.32. The maximum atomic E-state index is 12.4. The van der Waals surface area contributed by atoms with Crippen molar-refractivity contribution in [2.45, 2.75) is 12.5 Å². The normalized spacial score (nSPS) is 16.9. The molecule has 0 spiro atoms. The summed E-state index contributed by atoms with van der Waals surface area (Å²) in [6, 6.07) is 15.1. The van der Waals surface area contributed by atoms with Gasteiger partial charge in [-0.2, -0.15) is 0 Å². The van der Waals surface area contributed by atoms with Crippen LogP contribution in [0.3, 0.4) is 0 Å². The largest absolute Gasteiger partial charge is 0.471 e. The van der Waals surface area contributed by atoms with Crippen molar-refractivity contribution >= 4 is 34.6 Å². The van der Waals surface area contributed by atoms with Gasteiger partial charge in [0.2, 0.25) is 11.8 Å². The Bertz CT molecular complexity index is 1010. The summed E-state index contributed by atoms with van der Waals surface area (Å²) in [7, 11) is 0. The lowest BCUT2D eigenvalue weighted by Gasteiger charge is -2.15. The molecule has 1 atom stereocenters. The highest BCUT2D eigenvalue weighted by Crippen LogP contribution is 2.20.